The average molecular weight is 356 g/mol. The predicted octanol–water partition coefficient (Wildman–Crippen LogP) is 6.38. The first kappa shape index (κ1) is 17.4. The van der Waals surface area contributed by atoms with Crippen molar-refractivity contribution in [1.82, 2.24) is 0 Å². The molecule has 0 saturated carbocycles. The molecule has 0 aliphatic rings. The van der Waals surface area contributed by atoms with Gasteiger partial charge in [-0.05, 0) is 47.5 Å². The van der Waals surface area contributed by atoms with E-state index < -0.39 is 0 Å². The zero-order valence-electron chi connectivity index (χ0n) is 15.9. The molecule has 4 rings (SSSR count). The molecule has 0 aliphatic heterocycles. The summed E-state index contributed by atoms with van der Waals surface area (Å²) in [4.78, 5) is 0. The van der Waals surface area contributed by atoms with E-state index >= 15 is 0 Å². The van der Waals surface area contributed by atoms with Gasteiger partial charge < -0.3 is 9.47 Å². The van der Waals surface area contributed by atoms with Crippen LogP contribution in [0.25, 0.3) is 21.5 Å². The Morgan fingerprint density at radius 3 is 1.44 bits per heavy atom. The zero-order valence-corrected chi connectivity index (χ0v) is 15.9. The molecule has 0 N–H and O–H groups in total. The molecule has 0 radical (unpaired) electrons. The lowest BCUT2D eigenvalue weighted by Crippen LogP contribution is -2.02. The quantitative estimate of drug-likeness (QED) is 0.399. The highest BCUT2D eigenvalue weighted by atomic mass is 16.5. The molecular weight excluding hydrogens is 332 g/mol. The maximum atomic E-state index is 5.99. The van der Waals surface area contributed by atoms with Crippen LogP contribution in [0.5, 0.6) is 11.5 Å². The van der Waals surface area contributed by atoms with Gasteiger partial charge in [0.1, 0.15) is 11.5 Å². The summed E-state index contributed by atoms with van der Waals surface area (Å²) in [6.45, 7) is 5.36. The Balaban J connectivity index is 1.94. The lowest BCUT2D eigenvalue weighted by molar-refractivity contribution is 0.334. The number of benzene rings is 4. The molecule has 0 saturated heterocycles. The first-order valence-corrected chi connectivity index (χ1v) is 9.58. The van der Waals surface area contributed by atoms with Crippen molar-refractivity contribution >= 4 is 21.5 Å². The van der Waals surface area contributed by atoms with E-state index in [1.165, 1.54) is 32.7 Å². The summed E-state index contributed by atoms with van der Waals surface area (Å²) in [6.07, 6.45) is 0.771. The van der Waals surface area contributed by atoms with E-state index in [1.807, 2.05) is 13.8 Å². The summed E-state index contributed by atoms with van der Waals surface area (Å²) in [5.74, 6) is 1.90. The highest BCUT2D eigenvalue weighted by Crippen LogP contribution is 2.36. The predicted molar refractivity (Wildman–Crippen MR) is 113 cm³/mol. The third-order valence-corrected chi connectivity index (χ3v) is 4.95. The van der Waals surface area contributed by atoms with Gasteiger partial charge in [-0.1, -0.05) is 60.7 Å². The third kappa shape index (κ3) is 3.35. The molecule has 4 aromatic rings. The van der Waals surface area contributed by atoms with E-state index in [-0.39, 0.29) is 0 Å². The van der Waals surface area contributed by atoms with Crippen LogP contribution in [0.1, 0.15) is 25.0 Å². The Bertz CT molecular complexity index is 995. The second-order valence-corrected chi connectivity index (χ2v) is 6.57. The number of hydrogen-bond donors (Lipinski definition) is 0. The van der Waals surface area contributed by atoms with Crippen molar-refractivity contribution in [1.29, 1.82) is 0 Å². The molecule has 0 bridgehead atoms. The van der Waals surface area contributed by atoms with Crippen LogP contribution in [0.15, 0.2) is 72.8 Å². The molecular formula is C25H24O2. The molecule has 0 aliphatic carbocycles. The highest BCUT2D eigenvalue weighted by molar-refractivity contribution is 5.91. The van der Waals surface area contributed by atoms with Gasteiger partial charge in [0.2, 0.25) is 0 Å². The fourth-order valence-corrected chi connectivity index (χ4v) is 3.75. The van der Waals surface area contributed by atoms with Gasteiger partial charge >= 0.3 is 0 Å². The molecule has 0 amide bonds. The number of ether oxygens (including phenoxy) is 2. The van der Waals surface area contributed by atoms with Gasteiger partial charge in [0.05, 0.1) is 13.2 Å². The first-order chi connectivity index (χ1) is 13.3. The second-order valence-electron chi connectivity index (χ2n) is 6.57. The van der Waals surface area contributed by atoms with Gasteiger partial charge in [0.25, 0.3) is 0 Å². The van der Waals surface area contributed by atoms with Crippen molar-refractivity contribution in [2.24, 2.45) is 0 Å². The maximum absolute atomic E-state index is 5.99. The van der Waals surface area contributed by atoms with Gasteiger partial charge in [-0.25, -0.2) is 0 Å². The number of rotatable bonds is 6. The minimum atomic E-state index is 0.652. The largest absolute Gasteiger partial charge is 0.494 e. The topological polar surface area (TPSA) is 18.5 Å². The van der Waals surface area contributed by atoms with Crippen LogP contribution in [-0.2, 0) is 6.42 Å². The molecule has 0 atom stereocenters. The van der Waals surface area contributed by atoms with Crippen molar-refractivity contribution in [3.05, 3.63) is 83.9 Å². The van der Waals surface area contributed by atoms with Crippen LogP contribution in [0.4, 0.5) is 0 Å². The van der Waals surface area contributed by atoms with E-state index in [9.17, 15) is 0 Å². The highest BCUT2D eigenvalue weighted by Gasteiger charge is 2.15. The summed E-state index contributed by atoms with van der Waals surface area (Å²) < 4.78 is 12.0. The van der Waals surface area contributed by atoms with Gasteiger partial charge in [-0.2, -0.15) is 0 Å². The van der Waals surface area contributed by atoms with Crippen LogP contribution in [0, 0.1) is 0 Å². The van der Waals surface area contributed by atoms with Gasteiger partial charge in [-0.3, -0.25) is 0 Å². The molecule has 0 fully saturated rings. The van der Waals surface area contributed by atoms with Crippen LogP contribution < -0.4 is 9.47 Å². The molecule has 2 nitrogen and oxygen atoms in total. The lowest BCUT2D eigenvalue weighted by atomic mass is 9.93. The summed E-state index contributed by atoms with van der Waals surface area (Å²) in [5.41, 5.74) is 2.43. The van der Waals surface area contributed by atoms with E-state index in [0.717, 1.165) is 17.9 Å². The molecule has 2 heteroatoms. The van der Waals surface area contributed by atoms with Crippen LogP contribution in [0.2, 0.25) is 0 Å². The molecule has 0 heterocycles. The van der Waals surface area contributed by atoms with E-state index in [1.54, 1.807) is 0 Å². The number of hydrogen-bond acceptors (Lipinski definition) is 2. The fraction of sp³-hybridized carbons (Fsp3) is 0.200. The summed E-state index contributed by atoms with van der Waals surface area (Å²) in [7, 11) is 0. The van der Waals surface area contributed by atoms with E-state index in [2.05, 4.69) is 72.8 Å². The van der Waals surface area contributed by atoms with Crippen molar-refractivity contribution < 1.29 is 9.47 Å². The van der Waals surface area contributed by atoms with Crippen LogP contribution >= 0.6 is 0 Å². The Labute approximate surface area is 160 Å². The minimum absolute atomic E-state index is 0.652. The molecule has 0 aromatic heterocycles. The smallest absolute Gasteiger partial charge is 0.123 e. The Morgan fingerprint density at radius 2 is 1.00 bits per heavy atom. The summed E-state index contributed by atoms with van der Waals surface area (Å²) in [6, 6.07) is 25.5. The fourth-order valence-electron chi connectivity index (χ4n) is 3.75. The molecule has 27 heavy (non-hydrogen) atoms. The monoisotopic (exact) mass is 356 g/mol. The molecule has 136 valence electrons. The molecule has 4 aromatic carbocycles. The van der Waals surface area contributed by atoms with Crippen molar-refractivity contribution in [2.45, 2.75) is 20.3 Å². The molecule has 0 unspecified atom stereocenters. The van der Waals surface area contributed by atoms with Crippen molar-refractivity contribution in [3.8, 4) is 11.5 Å². The van der Waals surface area contributed by atoms with Crippen LogP contribution in [-0.4, -0.2) is 13.2 Å². The normalized spacial score (nSPS) is 11.0. The summed E-state index contributed by atoms with van der Waals surface area (Å²) in [5, 5.41) is 4.93. The second kappa shape index (κ2) is 7.71. The summed E-state index contributed by atoms with van der Waals surface area (Å²) >= 11 is 0. The van der Waals surface area contributed by atoms with Crippen LogP contribution in [0.3, 0.4) is 0 Å². The van der Waals surface area contributed by atoms with E-state index in [4.69, 9.17) is 9.47 Å². The average Bonchev–Trinajstić information content (AvgIpc) is 2.71. The standard InChI is InChI=1S/C25H24O2/c1-3-26-24-15-13-18-9-5-7-11-20(18)22(24)17-23-21-12-8-6-10-19(21)14-16-25(23)27-4-2/h5-16H,3-4,17H2,1-2H3. The van der Waals surface area contributed by atoms with Crippen molar-refractivity contribution in [2.75, 3.05) is 13.2 Å². The van der Waals surface area contributed by atoms with Gasteiger partial charge in [0.15, 0.2) is 0 Å². The zero-order chi connectivity index (χ0) is 18.6. The number of fused-ring (bicyclic) bond motifs is 2. The molecule has 0 spiro atoms. The SMILES string of the molecule is CCOc1ccc2ccccc2c1Cc1c(OCC)ccc2ccccc12. The lowest BCUT2D eigenvalue weighted by Gasteiger charge is -2.17. The minimum Gasteiger partial charge on any atom is -0.494 e. The third-order valence-electron chi connectivity index (χ3n) is 4.95. The van der Waals surface area contributed by atoms with Crippen molar-refractivity contribution in [3.63, 3.8) is 0 Å². The van der Waals surface area contributed by atoms with Gasteiger partial charge in [0, 0.05) is 17.5 Å². The Hall–Kier alpha value is -3.00. The maximum Gasteiger partial charge on any atom is 0.123 e. The van der Waals surface area contributed by atoms with Gasteiger partial charge in [-0.15, -0.1) is 0 Å². The first-order valence-electron chi connectivity index (χ1n) is 9.58. The van der Waals surface area contributed by atoms with E-state index in [0.29, 0.717) is 13.2 Å². The Kier molecular flexibility index (Phi) is 4.97. The Morgan fingerprint density at radius 1 is 0.556 bits per heavy atom.